The zero-order valence-corrected chi connectivity index (χ0v) is 47.3. The summed E-state index contributed by atoms with van der Waals surface area (Å²) in [7, 11) is 0. The van der Waals surface area contributed by atoms with Crippen molar-refractivity contribution < 1.29 is 44.2 Å². The lowest BCUT2D eigenvalue weighted by Crippen LogP contribution is -2.59. The van der Waals surface area contributed by atoms with Gasteiger partial charge in [0.15, 0.2) is 6.29 Å². The molecule has 1 aliphatic heterocycles. The number of aliphatic hydroxyl groups is 4. The molecule has 6 atom stereocenters. The van der Waals surface area contributed by atoms with Gasteiger partial charge in [-0.2, -0.15) is 0 Å². The standard InChI is InChI=1S/C65H112O9/c1-3-5-7-9-11-13-15-17-19-21-23-25-27-29-31-33-35-37-39-41-43-45-47-49-51-53-55-71-57-59(58-72-65-64(70)63(69)62(68)60(56-66)74-65)73-61(67)54-52-50-48-46-44-42-40-38-36-34-32-30-28-26-24-22-20-18-16-14-12-10-8-6-4-2/h6,8,12,14-15,17-18,20-21,23-24,26,30,32,36,38,59-60,62-66,68-70H,3-5,7,9-11,13,16,19,22,25,27-29,31,33-35,37,39-58H2,1-2H3/b8-6-,14-12-,17-15-,20-18-,23-21-,26-24-,32-30-,38-36-. The van der Waals surface area contributed by atoms with E-state index >= 15 is 0 Å². The number of esters is 1. The van der Waals surface area contributed by atoms with E-state index in [2.05, 4.69) is 111 Å². The number of hydrogen-bond acceptors (Lipinski definition) is 9. The molecule has 74 heavy (non-hydrogen) atoms. The molecule has 0 aliphatic carbocycles. The number of hydrogen-bond donors (Lipinski definition) is 4. The van der Waals surface area contributed by atoms with Crippen LogP contribution in [0.3, 0.4) is 0 Å². The van der Waals surface area contributed by atoms with E-state index in [1.807, 2.05) is 0 Å². The van der Waals surface area contributed by atoms with Crippen molar-refractivity contribution in [1.82, 2.24) is 0 Å². The summed E-state index contributed by atoms with van der Waals surface area (Å²) in [4.78, 5) is 12.9. The van der Waals surface area contributed by atoms with Crippen LogP contribution in [0.15, 0.2) is 97.2 Å². The molecule has 1 fully saturated rings. The van der Waals surface area contributed by atoms with Crippen LogP contribution >= 0.6 is 0 Å². The largest absolute Gasteiger partial charge is 0.457 e. The molecular formula is C65H112O9. The Labute approximate surface area is 453 Å². The number of carbonyl (C=O) groups is 1. The Bertz CT molecular complexity index is 1460. The van der Waals surface area contributed by atoms with E-state index in [0.29, 0.717) is 13.0 Å². The Morgan fingerprint density at radius 2 is 0.824 bits per heavy atom. The zero-order chi connectivity index (χ0) is 53.5. The Hall–Kier alpha value is -2.89. The maximum absolute atomic E-state index is 12.9. The number of allylic oxidation sites excluding steroid dienone is 16. The van der Waals surface area contributed by atoms with Crippen molar-refractivity contribution in [3.05, 3.63) is 97.2 Å². The molecule has 0 aromatic heterocycles. The topological polar surface area (TPSA) is 135 Å². The van der Waals surface area contributed by atoms with E-state index in [4.69, 9.17) is 18.9 Å². The van der Waals surface area contributed by atoms with Crippen molar-refractivity contribution >= 4 is 5.97 Å². The van der Waals surface area contributed by atoms with E-state index in [-0.39, 0.29) is 19.2 Å². The molecule has 426 valence electrons. The summed E-state index contributed by atoms with van der Waals surface area (Å²) < 4.78 is 23.0. The lowest BCUT2D eigenvalue weighted by Gasteiger charge is -2.39. The molecule has 9 nitrogen and oxygen atoms in total. The maximum atomic E-state index is 12.9. The second kappa shape index (κ2) is 54.9. The molecule has 6 unspecified atom stereocenters. The van der Waals surface area contributed by atoms with Crippen molar-refractivity contribution in [2.75, 3.05) is 26.4 Å². The molecule has 1 heterocycles. The van der Waals surface area contributed by atoms with E-state index in [1.165, 1.54) is 128 Å². The monoisotopic (exact) mass is 1040 g/mol. The van der Waals surface area contributed by atoms with Crippen LogP contribution in [0.2, 0.25) is 0 Å². The van der Waals surface area contributed by atoms with Gasteiger partial charge in [0.1, 0.15) is 30.5 Å². The second-order valence-corrected chi connectivity index (χ2v) is 20.4. The van der Waals surface area contributed by atoms with Crippen LogP contribution in [-0.4, -0.2) is 89.6 Å². The summed E-state index contributed by atoms with van der Waals surface area (Å²) >= 11 is 0. The first-order chi connectivity index (χ1) is 36.4. The fourth-order valence-corrected chi connectivity index (χ4v) is 8.82. The molecule has 0 saturated carbocycles. The molecule has 0 bridgehead atoms. The molecule has 9 heteroatoms. The minimum absolute atomic E-state index is 0.124. The lowest BCUT2D eigenvalue weighted by atomic mass is 9.99. The highest BCUT2D eigenvalue weighted by Crippen LogP contribution is 2.23. The van der Waals surface area contributed by atoms with Crippen LogP contribution < -0.4 is 0 Å². The summed E-state index contributed by atoms with van der Waals surface area (Å²) in [6, 6.07) is 0. The molecule has 0 aromatic rings. The molecule has 0 aromatic carbocycles. The molecule has 4 N–H and O–H groups in total. The average Bonchev–Trinajstić information content (AvgIpc) is 3.40. The Balaban J connectivity index is 2.16. The van der Waals surface area contributed by atoms with Crippen molar-refractivity contribution in [1.29, 1.82) is 0 Å². The second-order valence-electron chi connectivity index (χ2n) is 20.4. The van der Waals surface area contributed by atoms with E-state index in [9.17, 15) is 25.2 Å². The van der Waals surface area contributed by atoms with Gasteiger partial charge in [-0.3, -0.25) is 4.79 Å². The number of ether oxygens (including phenoxy) is 4. The summed E-state index contributed by atoms with van der Waals surface area (Å²) in [5.41, 5.74) is 0. The minimum atomic E-state index is -1.55. The molecule has 0 amide bonds. The number of aliphatic hydroxyl groups excluding tert-OH is 4. The molecule has 1 aliphatic rings. The highest BCUT2D eigenvalue weighted by molar-refractivity contribution is 5.69. The summed E-state index contributed by atoms with van der Waals surface area (Å²) in [5, 5.41) is 40.4. The highest BCUT2D eigenvalue weighted by Gasteiger charge is 2.44. The molecule has 0 spiro atoms. The van der Waals surface area contributed by atoms with Crippen LogP contribution in [0.5, 0.6) is 0 Å². The first-order valence-electron chi connectivity index (χ1n) is 30.3. The van der Waals surface area contributed by atoms with Gasteiger partial charge < -0.3 is 39.4 Å². The Kier molecular flexibility index (Phi) is 51.3. The first-order valence-corrected chi connectivity index (χ1v) is 30.3. The summed E-state index contributed by atoms with van der Waals surface area (Å²) in [6.45, 7) is 4.43. The van der Waals surface area contributed by atoms with Crippen molar-refractivity contribution in [3.63, 3.8) is 0 Å². The van der Waals surface area contributed by atoms with Gasteiger partial charge in [0.25, 0.3) is 0 Å². The fourth-order valence-electron chi connectivity index (χ4n) is 8.82. The SMILES string of the molecule is CC/C=C\C/C=C\C/C=C\C/C=C\C/C=C\C/C=C\CCCCCCCCC(=O)OC(COCCCCCCCCCCCCCCCC/C=C\C/C=C\CCCCCCC)COC1OC(CO)C(O)C(O)C1O. The number of unbranched alkanes of at least 4 members (excludes halogenated alkanes) is 25. The van der Waals surface area contributed by atoms with Gasteiger partial charge >= 0.3 is 5.97 Å². The Morgan fingerprint density at radius 1 is 0.446 bits per heavy atom. The van der Waals surface area contributed by atoms with E-state index in [0.717, 1.165) is 96.3 Å². The average molecular weight is 1040 g/mol. The third kappa shape index (κ3) is 44.3. The number of carbonyl (C=O) groups excluding carboxylic acids is 1. The minimum Gasteiger partial charge on any atom is -0.457 e. The van der Waals surface area contributed by atoms with Crippen LogP contribution in [0, 0.1) is 0 Å². The van der Waals surface area contributed by atoms with Crippen molar-refractivity contribution in [2.45, 2.75) is 282 Å². The van der Waals surface area contributed by atoms with Gasteiger partial charge in [-0.1, -0.05) is 239 Å². The van der Waals surface area contributed by atoms with Crippen LogP contribution in [0.4, 0.5) is 0 Å². The zero-order valence-electron chi connectivity index (χ0n) is 47.3. The number of rotatable bonds is 52. The first kappa shape index (κ1) is 69.1. The van der Waals surface area contributed by atoms with Crippen LogP contribution in [0.1, 0.15) is 245 Å². The van der Waals surface area contributed by atoms with Gasteiger partial charge in [-0.25, -0.2) is 0 Å². The van der Waals surface area contributed by atoms with Crippen LogP contribution in [-0.2, 0) is 23.7 Å². The van der Waals surface area contributed by atoms with E-state index in [1.54, 1.807) is 0 Å². The third-order valence-corrected chi connectivity index (χ3v) is 13.5. The van der Waals surface area contributed by atoms with Gasteiger partial charge in [0, 0.05) is 13.0 Å². The van der Waals surface area contributed by atoms with E-state index < -0.39 is 43.4 Å². The molecule has 1 saturated heterocycles. The highest BCUT2D eigenvalue weighted by atomic mass is 16.7. The van der Waals surface area contributed by atoms with Gasteiger partial charge in [0.05, 0.1) is 19.8 Å². The third-order valence-electron chi connectivity index (χ3n) is 13.5. The molecule has 0 radical (unpaired) electrons. The summed E-state index contributed by atoms with van der Waals surface area (Å²) in [6.07, 6.45) is 70.3. The quantitative estimate of drug-likeness (QED) is 0.0267. The molecular weight excluding hydrogens is 925 g/mol. The van der Waals surface area contributed by atoms with Crippen molar-refractivity contribution in [3.8, 4) is 0 Å². The summed E-state index contributed by atoms with van der Waals surface area (Å²) in [5.74, 6) is -0.329. The van der Waals surface area contributed by atoms with Gasteiger partial charge in [-0.15, -0.1) is 0 Å². The predicted octanol–water partition coefficient (Wildman–Crippen LogP) is 16.3. The fraction of sp³-hybridized carbons (Fsp3) is 0.738. The normalized spacial score (nSPS) is 19.2. The smallest absolute Gasteiger partial charge is 0.306 e. The van der Waals surface area contributed by atoms with Crippen LogP contribution in [0.25, 0.3) is 0 Å². The van der Waals surface area contributed by atoms with Gasteiger partial charge in [-0.05, 0) is 96.3 Å². The van der Waals surface area contributed by atoms with Crippen molar-refractivity contribution in [2.24, 2.45) is 0 Å². The maximum Gasteiger partial charge on any atom is 0.306 e. The molecule has 1 rings (SSSR count). The predicted molar refractivity (Wildman–Crippen MR) is 311 cm³/mol. The lowest BCUT2D eigenvalue weighted by molar-refractivity contribution is -0.305. The van der Waals surface area contributed by atoms with Gasteiger partial charge in [0.2, 0.25) is 0 Å². The Morgan fingerprint density at radius 3 is 1.24 bits per heavy atom.